The molecule has 8 heteroatoms. The number of carbonyl (C=O) groups excluding carboxylic acids is 1. The summed E-state index contributed by atoms with van der Waals surface area (Å²) >= 11 is 0. The van der Waals surface area contributed by atoms with E-state index in [2.05, 4.69) is 10.2 Å². The number of hydrogen-bond acceptors (Lipinski definition) is 4. The van der Waals surface area contributed by atoms with Crippen LogP contribution in [0, 0.1) is 11.6 Å². The van der Waals surface area contributed by atoms with Gasteiger partial charge in [0.05, 0.1) is 5.69 Å². The first-order valence-electron chi connectivity index (χ1n) is 10.5. The molecular weight excluding hydrogens is 428 g/mol. The van der Waals surface area contributed by atoms with E-state index in [4.69, 9.17) is 9.15 Å². The van der Waals surface area contributed by atoms with Gasteiger partial charge in [0, 0.05) is 24.8 Å². The van der Waals surface area contributed by atoms with Crippen LogP contribution in [0.1, 0.15) is 28.4 Å². The normalized spacial score (nSPS) is 10.9. The number of benzene rings is 2. The molecule has 4 rings (SSSR count). The highest BCUT2D eigenvalue weighted by molar-refractivity contribution is 5.91. The molecule has 0 aliphatic heterocycles. The van der Waals surface area contributed by atoms with Crippen molar-refractivity contribution in [2.75, 3.05) is 13.6 Å². The molecule has 1 amide bonds. The van der Waals surface area contributed by atoms with Crippen LogP contribution in [0.5, 0.6) is 5.75 Å². The maximum atomic E-state index is 13.4. The van der Waals surface area contributed by atoms with Gasteiger partial charge in [-0.3, -0.25) is 9.89 Å². The Morgan fingerprint density at radius 1 is 1.06 bits per heavy atom. The standard InChI is InChI=1S/C25H23F2N3O3/c1-30(13-3-6-20-15-23(29-28-20)17-4-2-5-19(27)14-17)25(31)24-12-11-22(33-24)16-32-21-9-7-18(26)8-10-21/h2,4-5,7-12,14-15H,3,6,13,16H2,1H3,(H,28,29). The summed E-state index contributed by atoms with van der Waals surface area (Å²) < 4.78 is 37.5. The van der Waals surface area contributed by atoms with E-state index >= 15 is 0 Å². The molecule has 0 spiro atoms. The van der Waals surface area contributed by atoms with Crippen LogP contribution >= 0.6 is 0 Å². The van der Waals surface area contributed by atoms with Gasteiger partial charge in [-0.1, -0.05) is 12.1 Å². The molecular formula is C25H23F2N3O3. The zero-order valence-corrected chi connectivity index (χ0v) is 18.1. The van der Waals surface area contributed by atoms with E-state index in [1.165, 1.54) is 36.4 Å². The maximum Gasteiger partial charge on any atom is 0.289 e. The van der Waals surface area contributed by atoms with E-state index in [1.807, 2.05) is 6.07 Å². The molecule has 4 aromatic rings. The van der Waals surface area contributed by atoms with Gasteiger partial charge in [0.2, 0.25) is 0 Å². The average molecular weight is 451 g/mol. The molecule has 33 heavy (non-hydrogen) atoms. The van der Waals surface area contributed by atoms with Gasteiger partial charge in [-0.05, 0) is 67.4 Å². The molecule has 0 unspecified atom stereocenters. The summed E-state index contributed by atoms with van der Waals surface area (Å²) in [5, 5.41) is 7.20. The summed E-state index contributed by atoms with van der Waals surface area (Å²) in [7, 11) is 1.71. The first-order chi connectivity index (χ1) is 16.0. The lowest BCUT2D eigenvalue weighted by atomic mass is 10.1. The molecule has 0 radical (unpaired) electrons. The van der Waals surface area contributed by atoms with E-state index < -0.39 is 0 Å². The van der Waals surface area contributed by atoms with Crippen LogP contribution < -0.4 is 4.74 Å². The zero-order chi connectivity index (χ0) is 23.2. The Balaban J connectivity index is 1.25. The number of furan rings is 1. The first-order valence-corrected chi connectivity index (χ1v) is 10.5. The number of aromatic amines is 1. The molecule has 2 aromatic carbocycles. The predicted molar refractivity (Wildman–Crippen MR) is 119 cm³/mol. The molecule has 0 saturated carbocycles. The summed E-state index contributed by atoms with van der Waals surface area (Å²) in [6.45, 7) is 0.658. The third kappa shape index (κ3) is 5.85. The minimum atomic E-state index is -0.337. The van der Waals surface area contributed by atoms with Crippen LogP contribution in [0.3, 0.4) is 0 Å². The lowest BCUT2D eigenvalue weighted by molar-refractivity contribution is 0.0758. The second kappa shape index (κ2) is 10.1. The van der Waals surface area contributed by atoms with Crippen molar-refractivity contribution in [1.82, 2.24) is 15.1 Å². The number of hydrogen-bond donors (Lipinski definition) is 1. The van der Waals surface area contributed by atoms with E-state index in [0.29, 0.717) is 42.2 Å². The molecule has 0 atom stereocenters. The van der Waals surface area contributed by atoms with Crippen molar-refractivity contribution in [2.45, 2.75) is 19.4 Å². The van der Waals surface area contributed by atoms with Crippen molar-refractivity contribution in [3.8, 4) is 17.0 Å². The van der Waals surface area contributed by atoms with E-state index in [9.17, 15) is 13.6 Å². The van der Waals surface area contributed by atoms with Crippen molar-refractivity contribution in [3.63, 3.8) is 0 Å². The number of halogens is 2. The fraction of sp³-hybridized carbons (Fsp3) is 0.200. The quantitative estimate of drug-likeness (QED) is 0.378. The molecule has 6 nitrogen and oxygen atoms in total. The fourth-order valence-corrected chi connectivity index (χ4v) is 3.34. The number of aryl methyl sites for hydroxylation is 1. The Bertz CT molecular complexity index is 1220. The molecule has 0 fully saturated rings. The van der Waals surface area contributed by atoms with Gasteiger partial charge in [-0.2, -0.15) is 5.10 Å². The summed E-state index contributed by atoms with van der Waals surface area (Å²) in [5.74, 6) is 0.366. The Labute approximate surface area is 189 Å². The molecule has 2 aromatic heterocycles. The van der Waals surface area contributed by atoms with E-state index in [-0.39, 0.29) is 29.9 Å². The summed E-state index contributed by atoms with van der Waals surface area (Å²) in [6.07, 6.45) is 1.41. The Morgan fingerprint density at radius 2 is 1.88 bits per heavy atom. The predicted octanol–water partition coefficient (Wildman–Crippen LogP) is 5.23. The topological polar surface area (TPSA) is 71.4 Å². The molecule has 0 saturated heterocycles. The Kier molecular flexibility index (Phi) is 6.83. The molecule has 0 aliphatic rings. The molecule has 2 heterocycles. The number of nitrogens with one attached hydrogen (secondary N) is 1. The van der Waals surface area contributed by atoms with Crippen molar-refractivity contribution in [1.29, 1.82) is 0 Å². The minimum absolute atomic E-state index is 0.135. The van der Waals surface area contributed by atoms with Crippen LogP contribution in [-0.4, -0.2) is 34.6 Å². The van der Waals surface area contributed by atoms with E-state index in [1.54, 1.807) is 36.2 Å². The van der Waals surface area contributed by atoms with Gasteiger partial charge in [-0.25, -0.2) is 8.78 Å². The summed E-state index contributed by atoms with van der Waals surface area (Å²) in [6, 6.07) is 17.1. The number of aromatic nitrogens is 2. The summed E-state index contributed by atoms with van der Waals surface area (Å²) in [5.41, 5.74) is 2.30. The fourth-order valence-electron chi connectivity index (χ4n) is 3.34. The van der Waals surface area contributed by atoms with Crippen LogP contribution in [0.25, 0.3) is 11.3 Å². The smallest absolute Gasteiger partial charge is 0.289 e. The van der Waals surface area contributed by atoms with Crippen molar-refractivity contribution in [3.05, 3.63) is 95.6 Å². The lowest BCUT2D eigenvalue weighted by Gasteiger charge is -2.15. The van der Waals surface area contributed by atoms with Gasteiger partial charge in [0.1, 0.15) is 29.8 Å². The second-order valence-corrected chi connectivity index (χ2v) is 7.63. The maximum absolute atomic E-state index is 13.4. The highest BCUT2D eigenvalue weighted by atomic mass is 19.1. The highest BCUT2D eigenvalue weighted by Crippen LogP contribution is 2.19. The van der Waals surface area contributed by atoms with Crippen LogP contribution in [0.15, 0.2) is 71.1 Å². The Morgan fingerprint density at radius 3 is 2.67 bits per heavy atom. The van der Waals surface area contributed by atoms with Crippen LogP contribution in [-0.2, 0) is 13.0 Å². The van der Waals surface area contributed by atoms with Gasteiger partial charge >= 0.3 is 0 Å². The zero-order valence-electron chi connectivity index (χ0n) is 18.1. The first kappa shape index (κ1) is 22.3. The third-order valence-electron chi connectivity index (χ3n) is 5.10. The summed E-state index contributed by atoms with van der Waals surface area (Å²) in [4.78, 5) is 14.2. The van der Waals surface area contributed by atoms with Crippen LogP contribution in [0.2, 0.25) is 0 Å². The lowest BCUT2D eigenvalue weighted by Crippen LogP contribution is -2.27. The number of amides is 1. The molecule has 170 valence electrons. The molecule has 0 aliphatic carbocycles. The van der Waals surface area contributed by atoms with Crippen LogP contribution in [0.4, 0.5) is 8.78 Å². The minimum Gasteiger partial charge on any atom is -0.486 e. The van der Waals surface area contributed by atoms with Gasteiger partial charge < -0.3 is 14.1 Å². The largest absolute Gasteiger partial charge is 0.486 e. The third-order valence-corrected chi connectivity index (χ3v) is 5.10. The van der Waals surface area contributed by atoms with Gasteiger partial charge in [0.25, 0.3) is 5.91 Å². The molecule has 0 bridgehead atoms. The monoisotopic (exact) mass is 451 g/mol. The van der Waals surface area contributed by atoms with Crippen molar-refractivity contribution >= 4 is 5.91 Å². The molecule has 1 N–H and O–H groups in total. The Hall–Kier alpha value is -3.94. The van der Waals surface area contributed by atoms with Gasteiger partial charge in [0.15, 0.2) is 5.76 Å². The number of nitrogens with zero attached hydrogens (tertiary/aromatic N) is 2. The number of rotatable bonds is 9. The second-order valence-electron chi connectivity index (χ2n) is 7.63. The number of ether oxygens (including phenoxy) is 1. The van der Waals surface area contributed by atoms with Crippen molar-refractivity contribution < 1.29 is 22.7 Å². The number of H-pyrrole nitrogens is 1. The van der Waals surface area contributed by atoms with Crippen molar-refractivity contribution in [2.24, 2.45) is 0 Å². The number of carbonyl (C=O) groups is 1. The van der Waals surface area contributed by atoms with Gasteiger partial charge in [-0.15, -0.1) is 0 Å². The SMILES string of the molecule is CN(CCCc1cc(-c2cccc(F)c2)n[nH]1)C(=O)c1ccc(COc2ccc(F)cc2)o1. The average Bonchev–Trinajstić information content (AvgIpc) is 3.48. The van der Waals surface area contributed by atoms with E-state index in [0.717, 1.165) is 5.69 Å². The highest BCUT2D eigenvalue weighted by Gasteiger charge is 2.16.